The Bertz CT molecular complexity index is 2380. The monoisotopic (exact) mass is 669 g/mol. The zero-order valence-electron chi connectivity index (χ0n) is 27.4. The lowest BCUT2D eigenvalue weighted by Crippen LogP contribution is -2.15. The third kappa shape index (κ3) is 5.41. The summed E-state index contributed by atoms with van der Waals surface area (Å²) in [5.74, 6) is -1.20. The Hall–Kier alpha value is -6.54. The summed E-state index contributed by atoms with van der Waals surface area (Å²) < 4.78 is 38.0. The number of alkyl halides is 2. The van der Waals surface area contributed by atoms with Crippen LogP contribution in [0.15, 0.2) is 157 Å². The van der Waals surface area contributed by atoms with Crippen LogP contribution in [-0.4, -0.2) is 32.9 Å². The molecule has 51 heavy (non-hydrogen) atoms. The average Bonchev–Trinajstić information content (AvgIpc) is 3.69. The predicted octanol–water partition coefficient (Wildman–Crippen LogP) is 9.98. The molecule has 1 atom stereocenters. The third-order valence-corrected chi connectivity index (χ3v) is 9.32. The van der Waals surface area contributed by atoms with E-state index in [9.17, 15) is 0 Å². The lowest BCUT2D eigenvalue weighted by Gasteiger charge is -2.17. The number of hydrazone groups is 1. The average molecular weight is 670 g/mol. The Balaban J connectivity index is 1.07. The summed E-state index contributed by atoms with van der Waals surface area (Å²) in [5, 5.41) is 6.41. The molecule has 6 aromatic carbocycles. The van der Waals surface area contributed by atoms with E-state index in [0.29, 0.717) is 40.1 Å². The van der Waals surface area contributed by atoms with E-state index < -0.39 is 5.92 Å². The van der Waals surface area contributed by atoms with E-state index >= 15 is 8.78 Å². The molecule has 0 radical (unpaired) electrons. The maximum Gasteiger partial charge on any atom is 0.299 e. The topological polar surface area (TPSA) is 63.5 Å². The first kappa shape index (κ1) is 30.5. The number of ether oxygens (including phenoxy) is 1. The first-order chi connectivity index (χ1) is 24.9. The number of benzene rings is 6. The summed E-state index contributed by atoms with van der Waals surface area (Å²) in [6.45, 7) is 0. The smallest absolute Gasteiger partial charge is 0.299 e. The van der Waals surface area contributed by atoms with Gasteiger partial charge in [0, 0.05) is 46.0 Å². The van der Waals surface area contributed by atoms with Crippen molar-refractivity contribution in [3.8, 4) is 56.4 Å². The van der Waals surface area contributed by atoms with Crippen molar-refractivity contribution >= 4 is 5.90 Å². The summed E-state index contributed by atoms with van der Waals surface area (Å²) in [7, 11) is 1.88. The molecule has 7 aromatic rings. The van der Waals surface area contributed by atoms with E-state index in [1.807, 2.05) is 128 Å². The van der Waals surface area contributed by atoms with Gasteiger partial charge in [0.25, 0.3) is 5.92 Å². The quantitative estimate of drug-likeness (QED) is 0.176. The van der Waals surface area contributed by atoms with Crippen LogP contribution in [0.1, 0.15) is 28.5 Å². The molecule has 1 aromatic heterocycles. The largest absolute Gasteiger partial charge is 0.446 e. The number of rotatable bonds is 6. The second-order valence-electron chi connectivity index (χ2n) is 12.6. The molecule has 0 spiro atoms. The van der Waals surface area contributed by atoms with Crippen molar-refractivity contribution in [1.29, 1.82) is 0 Å². The Morgan fingerprint density at radius 3 is 1.53 bits per heavy atom. The van der Waals surface area contributed by atoms with Crippen LogP contribution < -0.4 is 0 Å². The minimum atomic E-state index is -3.14. The summed E-state index contributed by atoms with van der Waals surface area (Å²) in [5.41, 5.74) is 6.72. The maximum atomic E-state index is 15.9. The van der Waals surface area contributed by atoms with Gasteiger partial charge in [-0.25, -0.2) is 15.0 Å². The molecule has 0 fully saturated rings. The fraction of sp³-hybridized carbons (Fsp3) is 0.0698. The molecule has 8 heteroatoms. The van der Waals surface area contributed by atoms with Gasteiger partial charge in [0.15, 0.2) is 17.5 Å². The van der Waals surface area contributed by atoms with Crippen molar-refractivity contribution in [3.05, 3.63) is 174 Å². The molecule has 2 heterocycles. The van der Waals surface area contributed by atoms with Crippen LogP contribution in [0.2, 0.25) is 0 Å². The highest BCUT2D eigenvalue weighted by Crippen LogP contribution is 2.52. The summed E-state index contributed by atoms with van der Waals surface area (Å²) in [4.78, 5) is 14.4. The van der Waals surface area contributed by atoms with E-state index in [1.165, 1.54) is 12.1 Å². The number of hydrogen-bond acceptors (Lipinski definition) is 6. The second-order valence-corrected chi connectivity index (χ2v) is 12.6. The van der Waals surface area contributed by atoms with Crippen molar-refractivity contribution in [2.24, 2.45) is 5.10 Å². The standard InChI is InChI=1S/C43H29F2N5O/c1-50-42(31-15-9-4-10-16-31)51-41(49-50)30-19-17-27(18-20-30)32-21-23-36-34(25-32)35-26-33(22-24-37(35)43(36,44)45)40-47-38(28-11-5-2-6-12-28)46-39(48-40)29-13-7-3-8-14-29/h2-26,42H,1H3. The summed E-state index contributed by atoms with van der Waals surface area (Å²) in [6, 6.07) is 47.2. The molecule has 0 saturated heterocycles. The summed E-state index contributed by atoms with van der Waals surface area (Å²) in [6.07, 6.45) is -0.309. The summed E-state index contributed by atoms with van der Waals surface area (Å²) >= 11 is 0. The molecule has 1 aliphatic heterocycles. The van der Waals surface area contributed by atoms with Gasteiger partial charge in [0.05, 0.1) is 0 Å². The van der Waals surface area contributed by atoms with Crippen LogP contribution in [0.5, 0.6) is 0 Å². The number of hydrogen-bond donors (Lipinski definition) is 0. The minimum Gasteiger partial charge on any atom is -0.446 e. The van der Waals surface area contributed by atoms with Crippen molar-refractivity contribution in [2.45, 2.75) is 12.2 Å². The van der Waals surface area contributed by atoms with Crippen molar-refractivity contribution < 1.29 is 13.5 Å². The van der Waals surface area contributed by atoms with Gasteiger partial charge < -0.3 is 4.74 Å². The van der Waals surface area contributed by atoms with Gasteiger partial charge in [0.2, 0.25) is 12.1 Å². The zero-order valence-corrected chi connectivity index (χ0v) is 27.4. The normalized spacial score (nSPS) is 15.5. The lowest BCUT2D eigenvalue weighted by molar-refractivity contribution is 0.0480. The first-order valence-corrected chi connectivity index (χ1v) is 16.6. The Kier molecular flexibility index (Phi) is 7.24. The van der Waals surface area contributed by atoms with Gasteiger partial charge in [0.1, 0.15) is 0 Å². The van der Waals surface area contributed by atoms with Gasteiger partial charge in [-0.15, -0.1) is 5.10 Å². The van der Waals surface area contributed by atoms with E-state index in [-0.39, 0.29) is 17.4 Å². The molecule has 0 amide bonds. The van der Waals surface area contributed by atoms with Gasteiger partial charge in [-0.1, -0.05) is 127 Å². The van der Waals surface area contributed by atoms with Crippen LogP contribution >= 0.6 is 0 Å². The first-order valence-electron chi connectivity index (χ1n) is 16.6. The second kappa shape index (κ2) is 12.1. The predicted molar refractivity (Wildman–Crippen MR) is 195 cm³/mol. The molecular formula is C43H29F2N5O. The molecule has 2 aliphatic rings. The molecule has 9 rings (SSSR count). The fourth-order valence-electron chi connectivity index (χ4n) is 6.72. The van der Waals surface area contributed by atoms with E-state index in [0.717, 1.165) is 33.4 Å². The maximum absolute atomic E-state index is 15.9. The molecule has 246 valence electrons. The highest BCUT2D eigenvalue weighted by atomic mass is 19.3. The molecule has 0 N–H and O–H groups in total. The molecule has 1 unspecified atom stereocenters. The van der Waals surface area contributed by atoms with Gasteiger partial charge in [-0.2, -0.15) is 8.78 Å². The minimum absolute atomic E-state index is 0.0238. The van der Waals surface area contributed by atoms with E-state index in [2.05, 4.69) is 5.10 Å². The third-order valence-electron chi connectivity index (χ3n) is 9.32. The molecule has 0 saturated carbocycles. The zero-order chi connectivity index (χ0) is 34.5. The highest BCUT2D eigenvalue weighted by molar-refractivity contribution is 5.95. The van der Waals surface area contributed by atoms with E-state index in [1.54, 1.807) is 23.2 Å². The highest BCUT2D eigenvalue weighted by Gasteiger charge is 2.44. The van der Waals surface area contributed by atoms with Gasteiger partial charge in [-0.3, -0.25) is 5.01 Å². The van der Waals surface area contributed by atoms with Crippen LogP contribution in [0.4, 0.5) is 8.78 Å². The molecular weight excluding hydrogens is 641 g/mol. The fourth-order valence-corrected chi connectivity index (χ4v) is 6.72. The van der Waals surface area contributed by atoms with Crippen molar-refractivity contribution in [2.75, 3.05) is 7.05 Å². The number of aromatic nitrogens is 3. The van der Waals surface area contributed by atoms with Crippen LogP contribution in [-0.2, 0) is 10.7 Å². The van der Waals surface area contributed by atoms with Gasteiger partial charge in [-0.05, 0) is 46.5 Å². The molecule has 0 bridgehead atoms. The Labute approximate surface area is 293 Å². The number of fused-ring (bicyclic) bond motifs is 3. The lowest BCUT2D eigenvalue weighted by atomic mass is 9.97. The van der Waals surface area contributed by atoms with Crippen LogP contribution in [0, 0.1) is 0 Å². The van der Waals surface area contributed by atoms with Crippen LogP contribution in [0.3, 0.4) is 0 Å². The van der Waals surface area contributed by atoms with Gasteiger partial charge >= 0.3 is 0 Å². The molecule has 6 nitrogen and oxygen atoms in total. The van der Waals surface area contributed by atoms with Crippen molar-refractivity contribution in [1.82, 2.24) is 20.0 Å². The Morgan fingerprint density at radius 2 is 0.961 bits per heavy atom. The number of nitrogens with zero attached hydrogens (tertiary/aromatic N) is 5. The Morgan fingerprint density at radius 1 is 0.510 bits per heavy atom. The van der Waals surface area contributed by atoms with Crippen LogP contribution in [0.25, 0.3) is 56.4 Å². The molecule has 1 aliphatic carbocycles. The van der Waals surface area contributed by atoms with E-state index in [4.69, 9.17) is 19.7 Å². The SMILES string of the molecule is CN1N=C(c2ccc(-c3ccc4c(c3)-c3cc(-c5nc(-c6ccccc6)nc(-c6ccccc6)n5)ccc3C4(F)F)cc2)OC1c1ccccc1. The van der Waals surface area contributed by atoms with Crippen molar-refractivity contribution in [3.63, 3.8) is 0 Å². The number of halogens is 2.